The molecule has 0 spiro atoms. The number of hydrogen-bond donors (Lipinski definition) is 2. The highest BCUT2D eigenvalue weighted by molar-refractivity contribution is 7.90. The van der Waals surface area contributed by atoms with Crippen LogP contribution in [0.2, 0.25) is 0 Å². The van der Waals surface area contributed by atoms with Gasteiger partial charge in [0, 0.05) is 19.5 Å². The molecule has 0 saturated carbocycles. The van der Waals surface area contributed by atoms with Crippen molar-refractivity contribution in [1.29, 1.82) is 0 Å². The van der Waals surface area contributed by atoms with Crippen molar-refractivity contribution >= 4 is 15.9 Å². The summed E-state index contributed by atoms with van der Waals surface area (Å²) < 4.78 is 38.1. The van der Waals surface area contributed by atoms with Gasteiger partial charge in [-0.1, -0.05) is 12.1 Å². The van der Waals surface area contributed by atoms with E-state index in [-0.39, 0.29) is 11.7 Å². The molecule has 0 atom stereocenters. The maximum atomic E-state index is 12.7. The summed E-state index contributed by atoms with van der Waals surface area (Å²) in [6.45, 7) is 5.59. The third-order valence-electron chi connectivity index (χ3n) is 3.33. The molecule has 0 aliphatic heterocycles. The Labute approximate surface area is 137 Å². The van der Waals surface area contributed by atoms with E-state index in [1.54, 1.807) is 32.9 Å². The number of sulfonamides is 1. The highest BCUT2D eigenvalue weighted by Crippen LogP contribution is 2.12. The minimum atomic E-state index is -3.33. The van der Waals surface area contributed by atoms with Crippen LogP contribution < -0.4 is 10.0 Å². The van der Waals surface area contributed by atoms with E-state index in [9.17, 15) is 17.6 Å². The fourth-order valence-corrected chi connectivity index (χ4v) is 2.57. The summed E-state index contributed by atoms with van der Waals surface area (Å²) >= 11 is 0. The number of halogens is 1. The first-order chi connectivity index (χ1) is 10.6. The summed E-state index contributed by atoms with van der Waals surface area (Å²) in [5.74, 6) is -0.411. The molecule has 5 nitrogen and oxygen atoms in total. The number of nitrogens with one attached hydrogen (secondary N) is 2. The second-order valence-corrected chi connectivity index (χ2v) is 8.89. The Morgan fingerprint density at radius 1 is 1.13 bits per heavy atom. The van der Waals surface area contributed by atoms with E-state index in [0.717, 1.165) is 5.56 Å². The molecule has 0 bridgehead atoms. The van der Waals surface area contributed by atoms with E-state index >= 15 is 0 Å². The summed E-state index contributed by atoms with van der Waals surface area (Å²) in [6.07, 6.45) is 1.53. The maximum Gasteiger partial charge on any atom is 0.220 e. The number of hydrogen-bond acceptors (Lipinski definition) is 3. The van der Waals surface area contributed by atoms with Crippen LogP contribution in [0.4, 0.5) is 4.39 Å². The number of rotatable bonds is 8. The average Bonchev–Trinajstić information content (AvgIpc) is 2.45. The molecule has 7 heteroatoms. The summed E-state index contributed by atoms with van der Waals surface area (Å²) in [5, 5.41) is 2.75. The molecule has 1 aromatic carbocycles. The Kier molecular flexibility index (Phi) is 7.15. The van der Waals surface area contributed by atoms with Crippen molar-refractivity contribution in [2.75, 3.05) is 6.54 Å². The van der Waals surface area contributed by atoms with Crippen LogP contribution in [0.15, 0.2) is 24.3 Å². The minimum absolute atomic E-state index is 0.104. The second kappa shape index (κ2) is 8.40. The number of amides is 1. The van der Waals surface area contributed by atoms with Gasteiger partial charge in [-0.2, -0.15) is 0 Å². The van der Waals surface area contributed by atoms with Crippen molar-refractivity contribution in [3.05, 3.63) is 35.6 Å². The number of unbranched alkanes of at least 4 members (excludes halogenated alkanes) is 1. The van der Waals surface area contributed by atoms with Crippen molar-refractivity contribution in [3.63, 3.8) is 0 Å². The lowest BCUT2D eigenvalue weighted by Crippen LogP contribution is -2.39. The monoisotopic (exact) mass is 344 g/mol. The molecule has 0 saturated heterocycles. The quantitative estimate of drug-likeness (QED) is 0.711. The molecular weight excluding hydrogens is 319 g/mol. The third-order valence-corrected chi connectivity index (χ3v) is 5.53. The largest absolute Gasteiger partial charge is 0.352 e. The lowest BCUT2D eigenvalue weighted by atomic mass is 10.2. The van der Waals surface area contributed by atoms with E-state index in [0.29, 0.717) is 32.4 Å². The van der Waals surface area contributed by atoms with Gasteiger partial charge in [0.05, 0.1) is 4.75 Å². The molecule has 0 aliphatic rings. The molecule has 130 valence electrons. The van der Waals surface area contributed by atoms with E-state index in [4.69, 9.17) is 0 Å². The van der Waals surface area contributed by atoms with E-state index < -0.39 is 14.8 Å². The zero-order valence-corrected chi connectivity index (χ0v) is 14.7. The van der Waals surface area contributed by atoms with Crippen LogP contribution in [-0.4, -0.2) is 25.6 Å². The van der Waals surface area contributed by atoms with Gasteiger partial charge in [0.2, 0.25) is 15.9 Å². The summed E-state index contributed by atoms with van der Waals surface area (Å²) in [5.41, 5.74) is 0.831. The van der Waals surface area contributed by atoms with Gasteiger partial charge >= 0.3 is 0 Å². The first-order valence-electron chi connectivity index (χ1n) is 7.62. The van der Waals surface area contributed by atoms with E-state index in [1.807, 2.05) is 0 Å². The maximum absolute atomic E-state index is 12.7. The highest BCUT2D eigenvalue weighted by Gasteiger charge is 2.27. The zero-order chi connectivity index (χ0) is 17.5. The molecule has 1 aromatic rings. The lowest BCUT2D eigenvalue weighted by Gasteiger charge is -2.19. The van der Waals surface area contributed by atoms with Crippen molar-refractivity contribution < 1.29 is 17.6 Å². The van der Waals surface area contributed by atoms with Gasteiger partial charge in [0.1, 0.15) is 5.82 Å². The Balaban J connectivity index is 2.18. The van der Waals surface area contributed by atoms with Gasteiger partial charge < -0.3 is 5.32 Å². The Bertz CT molecular complexity index is 607. The first-order valence-corrected chi connectivity index (χ1v) is 9.10. The smallest absolute Gasteiger partial charge is 0.220 e. The molecule has 0 fully saturated rings. The van der Waals surface area contributed by atoms with Crippen LogP contribution in [0.5, 0.6) is 0 Å². The van der Waals surface area contributed by atoms with Crippen LogP contribution >= 0.6 is 0 Å². The van der Waals surface area contributed by atoms with Gasteiger partial charge in [0.15, 0.2) is 0 Å². The van der Waals surface area contributed by atoms with Gasteiger partial charge in [-0.25, -0.2) is 17.5 Å². The molecule has 0 aromatic heterocycles. The minimum Gasteiger partial charge on any atom is -0.352 e. The third kappa shape index (κ3) is 7.09. The fourth-order valence-electron chi connectivity index (χ4n) is 1.72. The van der Waals surface area contributed by atoms with Crippen molar-refractivity contribution in [3.8, 4) is 0 Å². The zero-order valence-electron chi connectivity index (χ0n) is 13.9. The molecule has 0 heterocycles. The summed E-state index contributed by atoms with van der Waals surface area (Å²) in [6, 6.07) is 5.94. The standard InChI is InChI=1S/C16H25FN2O3S/c1-16(2,3)23(21,22)19-11-5-4-6-15(20)18-12-13-7-9-14(17)10-8-13/h7-10,19H,4-6,11-12H2,1-3H3,(H,18,20). The molecule has 1 rings (SSSR count). The van der Waals surface area contributed by atoms with E-state index in [1.165, 1.54) is 12.1 Å². The van der Waals surface area contributed by atoms with Crippen LogP contribution in [0.3, 0.4) is 0 Å². The van der Waals surface area contributed by atoms with Gasteiger partial charge in [-0.05, 0) is 51.3 Å². The number of carbonyl (C=O) groups excluding carboxylic acids is 1. The van der Waals surface area contributed by atoms with Crippen LogP contribution in [-0.2, 0) is 21.4 Å². The molecular formula is C16H25FN2O3S. The SMILES string of the molecule is CC(C)(C)S(=O)(=O)NCCCCC(=O)NCc1ccc(F)cc1. The summed E-state index contributed by atoms with van der Waals surface area (Å²) in [7, 11) is -3.33. The lowest BCUT2D eigenvalue weighted by molar-refractivity contribution is -0.121. The number of carbonyl (C=O) groups is 1. The molecule has 2 N–H and O–H groups in total. The molecule has 1 amide bonds. The van der Waals surface area contributed by atoms with E-state index in [2.05, 4.69) is 10.0 Å². The molecule has 23 heavy (non-hydrogen) atoms. The Hall–Kier alpha value is -1.47. The Morgan fingerprint density at radius 2 is 1.74 bits per heavy atom. The fraction of sp³-hybridized carbons (Fsp3) is 0.562. The van der Waals surface area contributed by atoms with Gasteiger partial charge in [-0.15, -0.1) is 0 Å². The van der Waals surface area contributed by atoms with Crippen LogP contribution in [0.1, 0.15) is 45.6 Å². The van der Waals surface area contributed by atoms with Gasteiger partial charge in [0.25, 0.3) is 0 Å². The number of benzene rings is 1. The normalized spacial score (nSPS) is 12.2. The first kappa shape index (κ1) is 19.6. The predicted octanol–water partition coefficient (Wildman–Crippen LogP) is 2.33. The van der Waals surface area contributed by atoms with Gasteiger partial charge in [-0.3, -0.25) is 4.79 Å². The summed E-state index contributed by atoms with van der Waals surface area (Å²) in [4.78, 5) is 11.7. The molecule has 0 aliphatic carbocycles. The van der Waals surface area contributed by atoms with Crippen molar-refractivity contribution in [1.82, 2.24) is 10.0 Å². The topological polar surface area (TPSA) is 75.3 Å². The average molecular weight is 344 g/mol. The highest BCUT2D eigenvalue weighted by atomic mass is 32.2. The molecule has 0 radical (unpaired) electrons. The van der Waals surface area contributed by atoms with Crippen molar-refractivity contribution in [2.24, 2.45) is 0 Å². The predicted molar refractivity (Wildman–Crippen MR) is 88.8 cm³/mol. The molecule has 0 unspecified atom stereocenters. The second-order valence-electron chi connectivity index (χ2n) is 6.37. The van der Waals surface area contributed by atoms with Crippen LogP contribution in [0.25, 0.3) is 0 Å². The Morgan fingerprint density at radius 3 is 2.30 bits per heavy atom. The van der Waals surface area contributed by atoms with Crippen LogP contribution in [0, 0.1) is 5.82 Å². The van der Waals surface area contributed by atoms with Crippen molar-refractivity contribution in [2.45, 2.75) is 51.3 Å².